The number of hydrogen-bond acceptors (Lipinski definition) is 3. The van der Waals surface area contributed by atoms with Crippen molar-refractivity contribution >= 4 is 0 Å². The molecule has 0 radical (unpaired) electrons. The Morgan fingerprint density at radius 1 is 1.47 bits per heavy atom. The number of rotatable bonds is 4. The summed E-state index contributed by atoms with van der Waals surface area (Å²) < 4.78 is 0. The van der Waals surface area contributed by atoms with Crippen LogP contribution in [0.1, 0.15) is 32.4 Å². The first kappa shape index (κ1) is 12.2. The normalized spacial score (nSPS) is 24.5. The van der Waals surface area contributed by atoms with Crippen LogP contribution in [-0.4, -0.2) is 16.7 Å². The summed E-state index contributed by atoms with van der Waals surface area (Å²) in [4.78, 5) is 0. The summed E-state index contributed by atoms with van der Waals surface area (Å²) in [7, 11) is 0. The van der Waals surface area contributed by atoms with Gasteiger partial charge in [-0.2, -0.15) is 10.2 Å². The largest absolute Gasteiger partial charge is 0.311 e. The third-order valence-corrected chi connectivity index (χ3v) is 3.25. The number of aromatic nitrogens is 2. The summed E-state index contributed by atoms with van der Waals surface area (Å²) >= 11 is 0. The third kappa shape index (κ3) is 3.93. The Morgan fingerprint density at radius 2 is 2.35 bits per heavy atom. The van der Waals surface area contributed by atoms with E-state index in [1.807, 2.05) is 12.1 Å². The van der Waals surface area contributed by atoms with Crippen molar-refractivity contribution in [3.05, 3.63) is 35.7 Å². The molecule has 0 fully saturated rings. The van der Waals surface area contributed by atoms with Gasteiger partial charge < -0.3 is 5.32 Å². The van der Waals surface area contributed by atoms with Crippen molar-refractivity contribution in [1.29, 1.82) is 0 Å². The molecule has 2 rings (SSSR count). The number of nitrogens with zero attached hydrogens (tertiary/aromatic N) is 2. The Labute approximate surface area is 103 Å². The second kappa shape index (κ2) is 5.92. The van der Waals surface area contributed by atoms with E-state index in [4.69, 9.17) is 0 Å². The predicted octanol–water partition coefficient (Wildman–Crippen LogP) is 2.56. The minimum Gasteiger partial charge on any atom is -0.311 e. The Hall–Kier alpha value is -1.22. The molecule has 0 bridgehead atoms. The van der Waals surface area contributed by atoms with Crippen molar-refractivity contribution in [2.75, 3.05) is 6.54 Å². The Kier molecular flexibility index (Phi) is 4.26. The lowest BCUT2D eigenvalue weighted by atomic mass is 9.84. The van der Waals surface area contributed by atoms with Gasteiger partial charge in [-0.05, 0) is 50.3 Å². The highest BCUT2D eigenvalue weighted by atomic mass is 15.1. The molecule has 0 saturated heterocycles. The molecule has 0 saturated carbocycles. The topological polar surface area (TPSA) is 37.8 Å². The zero-order valence-electron chi connectivity index (χ0n) is 10.7. The van der Waals surface area contributed by atoms with Crippen molar-refractivity contribution < 1.29 is 0 Å². The highest BCUT2D eigenvalue weighted by Crippen LogP contribution is 2.27. The lowest BCUT2D eigenvalue weighted by Crippen LogP contribution is -2.26. The summed E-state index contributed by atoms with van der Waals surface area (Å²) in [5.41, 5.74) is 2.55. The van der Waals surface area contributed by atoms with Gasteiger partial charge in [0, 0.05) is 12.7 Å². The van der Waals surface area contributed by atoms with E-state index in [0.29, 0.717) is 0 Å². The molecule has 3 heteroatoms. The average Bonchev–Trinajstić information content (AvgIpc) is 2.29. The molecule has 0 aromatic carbocycles. The molecule has 1 aromatic heterocycles. The Morgan fingerprint density at radius 3 is 3.06 bits per heavy atom. The zero-order valence-corrected chi connectivity index (χ0v) is 10.7. The van der Waals surface area contributed by atoms with E-state index < -0.39 is 0 Å². The van der Waals surface area contributed by atoms with E-state index in [1.54, 1.807) is 6.20 Å². The standard InChI is InChI=1S/C14H21N3/c1-11-6-12(2)8-13(7-11)9-15-10-14-4-3-5-16-17-14/h3-6,11,13,15H,7-10H2,1-2H3. The van der Waals surface area contributed by atoms with Crippen LogP contribution in [0.5, 0.6) is 0 Å². The van der Waals surface area contributed by atoms with Gasteiger partial charge in [-0.25, -0.2) is 0 Å². The van der Waals surface area contributed by atoms with Crippen LogP contribution < -0.4 is 5.32 Å². The molecule has 1 N–H and O–H groups in total. The quantitative estimate of drug-likeness (QED) is 0.809. The van der Waals surface area contributed by atoms with E-state index >= 15 is 0 Å². The molecule has 0 spiro atoms. The monoisotopic (exact) mass is 231 g/mol. The van der Waals surface area contributed by atoms with Gasteiger partial charge in [0.05, 0.1) is 5.69 Å². The fourth-order valence-electron chi connectivity index (χ4n) is 2.67. The van der Waals surface area contributed by atoms with E-state index in [0.717, 1.165) is 30.6 Å². The van der Waals surface area contributed by atoms with Crippen molar-refractivity contribution in [3.63, 3.8) is 0 Å². The highest BCUT2D eigenvalue weighted by molar-refractivity contribution is 5.06. The minimum absolute atomic E-state index is 0.729. The molecular formula is C14H21N3. The first-order valence-electron chi connectivity index (χ1n) is 6.38. The van der Waals surface area contributed by atoms with Crippen molar-refractivity contribution in [1.82, 2.24) is 15.5 Å². The molecule has 1 aliphatic carbocycles. The summed E-state index contributed by atoms with van der Waals surface area (Å²) in [6, 6.07) is 3.94. The van der Waals surface area contributed by atoms with Crippen LogP contribution in [0.4, 0.5) is 0 Å². The molecule has 0 aliphatic heterocycles. The maximum absolute atomic E-state index is 4.07. The van der Waals surface area contributed by atoms with Gasteiger partial charge in [-0.15, -0.1) is 0 Å². The molecule has 92 valence electrons. The molecule has 2 atom stereocenters. The van der Waals surface area contributed by atoms with Crippen molar-refractivity contribution in [3.8, 4) is 0 Å². The molecule has 1 aliphatic rings. The van der Waals surface area contributed by atoms with Gasteiger partial charge in [-0.1, -0.05) is 18.6 Å². The van der Waals surface area contributed by atoms with Crippen molar-refractivity contribution in [2.45, 2.75) is 33.2 Å². The fourth-order valence-corrected chi connectivity index (χ4v) is 2.67. The van der Waals surface area contributed by atoms with Gasteiger partial charge >= 0.3 is 0 Å². The highest BCUT2D eigenvalue weighted by Gasteiger charge is 2.17. The molecule has 0 amide bonds. The smallest absolute Gasteiger partial charge is 0.0768 e. The van der Waals surface area contributed by atoms with Crippen LogP contribution in [0.3, 0.4) is 0 Å². The lowest BCUT2D eigenvalue weighted by molar-refractivity contribution is 0.380. The van der Waals surface area contributed by atoms with Crippen LogP contribution in [0, 0.1) is 11.8 Å². The van der Waals surface area contributed by atoms with Gasteiger partial charge in [0.25, 0.3) is 0 Å². The second-order valence-corrected chi connectivity index (χ2v) is 5.14. The van der Waals surface area contributed by atoms with E-state index in [1.165, 1.54) is 18.4 Å². The molecule has 1 heterocycles. The SMILES string of the molecule is CC1=CC(C)CC(CNCc2cccnn2)C1. The lowest BCUT2D eigenvalue weighted by Gasteiger charge is -2.25. The van der Waals surface area contributed by atoms with Crippen LogP contribution in [0.15, 0.2) is 30.0 Å². The first-order valence-corrected chi connectivity index (χ1v) is 6.38. The summed E-state index contributed by atoms with van der Waals surface area (Å²) in [6.07, 6.45) is 6.64. The molecule has 1 aromatic rings. The molecule has 3 nitrogen and oxygen atoms in total. The minimum atomic E-state index is 0.729. The van der Waals surface area contributed by atoms with Gasteiger partial charge in [-0.3, -0.25) is 0 Å². The van der Waals surface area contributed by atoms with Crippen molar-refractivity contribution in [2.24, 2.45) is 11.8 Å². The van der Waals surface area contributed by atoms with Gasteiger partial charge in [0.15, 0.2) is 0 Å². The summed E-state index contributed by atoms with van der Waals surface area (Å²) in [5.74, 6) is 1.50. The van der Waals surface area contributed by atoms with E-state index in [2.05, 4.69) is 35.4 Å². The van der Waals surface area contributed by atoms with Crippen LogP contribution in [-0.2, 0) is 6.54 Å². The van der Waals surface area contributed by atoms with Crippen LogP contribution in [0.25, 0.3) is 0 Å². The van der Waals surface area contributed by atoms with Crippen LogP contribution in [0.2, 0.25) is 0 Å². The molecular weight excluding hydrogens is 210 g/mol. The third-order valence-electron chi connectivity index (χ3n) is 3.25. The zero-order chi connectivity index (χ0) is 12.1. The Bertz CT molecular complexity index is 372. The predicted molar refractivity (Wildman–Crippen MR) is 69.4 cm³/mol. The maximum Gasteiger partial charge on any atom is 0.0768 e. The van der Waals surface area contributed by atoms with Gasteiger partial charge in [0.2, 0.25) is 0 Å². The average molecular weight is 231 g/mol. The molecule has 17 heavy (non-hydrogen) atoms. The summed E-state index contributed by atoms with van der Waals surface area (Å²) in [6.45, 7) is 6.44. The summed E-state index contributed by atoms with van der Waals surface area (Å²) in [5, 5.41) is 11.4. The number of hydrogen-bond donors (Lipinski definition) is 1. The number of allylic oxidation sites excluding steroid dienone is 2. The van der Waals surface area contributed by atoms with E-state index in [9.17, 15) is 0 Å². The Balaban J connectivity index is 1.74. The molecule has 2 unspecified atom stereocenters. The van der Waals surface area contributed by atoms with Gasteiger partial charge in [0.1, 0.15) is 0 Å². The maximum atomic E-state index is 4.07. The first-order chi connectivity index (χ1) is 8.24. The number of nitrogens with one attached hydrogen (secondary N) is 1. The van der Waals surface area contributed by atoms with Crippen LogP contribution >= 0.6 is 0 Å². The van der Waals surface area contributed by atoms with E-state index in [-0.39, 0.29) is 0 Å². The second-order valence-electron chi connectivity index (χ2n) is 5.14. The fraction of sp³-hybridized carbons (Fsp3) is 0.571.